The van der Waals surface area contributed by atoms with E-state index in [4.69, 9.17) is 14.2 Å². The van der Waals surface area contributed by atoms with E-state index < -0.39 is 0 Å². The fourth-order valence-electron chi connectivity index (χ4n) is 13.0. The number of esters is 1. The molecule has 1 spiro atoms. The predicted molar refractivity (Wildman–Crippen MR) is 146 cm³/mol. The highest BCUT2D eigenvalue weighted by Crippen LogP contribution is 2.85. The highest BCUT2D eigenvalue weighted by Gasteiger charge is 2.91. The van der Waals surface area contributed by atoms with Gasteiger partial charge in [-0.1, -0.05) is 55.4 Å². The molecule has 6 rings (SSSR count). The molecule has 0 bridgehead atoms. The van der Waals surface area contributed by atoms with Gasteiger partial charge >= 0.3 is 5.97 Å². The minimum absolute atomic E-state index is 0.0190. The van der Waals surface area contributed by atoms with Crippen LogP contribution in [0, 0.1) is 50.7 Å². The van der Waals surface area contributed by atoms with Crippen LogP contribution in [0.4, 0.5) is 0 Å². The highest BCUT2D eigenvalue weighted by atomic mass is 16.7. The van der Waals surface area contributed by atoms with Gasteiger partial charge in [0.1, 0.15) is 17.3 Å². The molecule has 0 aromatic rings. The number of carbonyl (C=O) groups excluding carboxylic acids is 1. The van der Waals surface area contributed by atoms with Crippen molar-refractivity contribution in [3.8, 4) is 0 Å². The minimum atomic E-state index is -0.121. The summed E-state index contributed by atoms with van der Waals surface area (Å²) in [4.78, 5) is 11.9. The molecule has 37 heavy (non-hydrogen) atoms. The zero-order valence-corrected chi connectivity index (χ0v) is 25.5. The maximum Gasteiger partial charge on any atom is 0.302 e. The van der Waals surface area contributed by atoms with Crippen molar-refractivity contribution < 1.29 is 19.0 Å². The Bertz CT molecular complexity index is 989. The number of carbonyl (C=O) groups is 1. The second-order valence-corrected chi connectivity index (χ2v) is 16.3. The van der Waals surface area contributed by atoms with Gasteiger partial charge < -0.3 is 14.2 Å². The minimum Gasteiger partial charge on any atom is -0.462 e. The van der Waals surface area contributed by atoms with E-state index >= 15 is 0 Å². The molecule has 0 aromatic heterocycles. The molecule has 6 fully saturated rings. The van der Waals surface area contributed by atoms with Gasteiger partial charge in [-0.3, -0.25) is 4.79 Å². The topological polar surface area (TPSA) is 48.1 Å². The lowest BCUT2D eigenvalue weighted by atomic mass is 9.32. The summed E-state index contributed by atoms with van der Waals surface area (Å²) in [5, 5.41) is 0. The van der Waals surface area contributed by atoms with Crippen molar-refractivity contribution >= 4 is 5.97 Å². The normalized spacial score (nSPS) is 57.4. The van der Waals surface area contributed by atoms with Gasteiger partial charge in [0, 0.05) is 24.9 Å². The quantitative estimate of drug-likeness (QED) is 0.288. The molecular weight excluding hydrogens is 460 g/mol. The van der Waals surface area contributed by atoms with Crippen LogP contribution >= 0.6 is 0 Å². The van der Waals surface area contributed by atoms with Gasteiger partial charge in [-0.25, -0.2) is 0 Å². The van der Waals surface area contributed by atoms with Crippen LogP contribution < -0.4 is 0 Å². The Balaban J connectivity index is 1.38. The molecule has 0 amide bonds. The summed E-state index contributed by atoms with van der Waals surface area (Å²) in [6.07, 6.45) is 11.3. The van der Waals surface area contributed by atoms with Gasteiger partial charge in [0.05, 0.1) is 6.10 Å². The maximum absolute atomic E-state index is 11.9. The summed E-state index contributed by atoms with van der Waals surface area (Å²) in [7, 11) is 1.91. The van der Waals surface area contributed by atoms with Gasteiger partial charge in [-0.05, 0) is 97.7 Å². The third-order valence-electron chi connectivity index (χ3n) is 14.8. The van der Waals surface area contributed by atoms with Crippen LogP contribution in [0.2, 0.25) is 0 Å². The Kier molecular flexibility index (Phi) is 5.44. The molecule has 6 aliphatic rings. The Hall–Kier alpha value is -0.610. The van der Waals surface area contributed by atoms with Crippen LogP contribution in [0.5, 0.6) is 0 Å². The van der Waals surface area contributed by atoms with Crippen LogP contribution in [0.1, 0.15) is 120 Å². The lowest BCUT2D eigenvalue weighted by Crippen LogP contribution is -2.68. The van der Waals surface area contributed by atoms with Crippen molar-refractivity contribution in [1.82, 2.24) is 0 Å². The molecule has 1 saturated heterocycles. The van der Waals surface area contributed by atoms with Crippen LogP contribution in [0.25, 0.3) is 0 Å². The molecule has 0 unspecified atom stereocenters. The monoisotopic (exact) mass is 514 g/mol. The Morgan fingerprint density at radius 1 is 0.811 bits per heavy atom. The first-order valence-electron chi connectivity index (χ1n) is 15.5. The average Bonchev–Trinajstić information content (AvgIpc) is 3.45. The van der Waals surface area contributed by atoms with E-state index in [2.05, 4.69) is 55.4 Å². The van der Waals surface area contributed by atoms with E-state index in [9.17, 15) is 4.79 Å². The van der Waals surface area contributed by atoms with Crippen molar-refractivity contribution in [3.63, 3.8) is 0 Å². The number of hydrogen-bond acceptors (Lipinski definition) is 4. The lowest BCUT2D eigenvalue weighted by molar-refractivity contribution is -0.251. The van der Waals surface area contributed by atoms with Crippen molar-refractivity contribution in [2.24, 2.45) is 50.7 Å². The number of methoxy groups -OCH3 is 1. The van der Waals surface area contributed by atoms with Crippen molar-refractivity contribution in [2.75, 3.05) is 7.11 Å². The Morgan fingerprint density at radius 2 is 1.46 bits per heavy atom. The second kappa shape index (κ2) is 7.56. The number of rotatable bonds is 3. The SMILES string of the molecule is CO[C@H]1C[C@]2(C)CC[C@]3(C)[C@H](CC[C@@H]4[C@@]5(C)CC[C@H](OC(C)=O)C(C)(C)[C@@H]5CC[C@]43C)[C@]23O[C@@]13C(C)C. The van der Waals surface area contributed by atoms with Crippen LogP contribution in [0.3, 0.4) is 0 Å². The molecule has 11 atom stereocenters. The van der Waals surface area contributed by atoms with Crippen molar-refractivity contribution in [1.29, 1.82) is 0 Å². The summed E-state index contributed by atoms with van der Waals surface area (Å²) < 4.78 is 19.3. The molecule has 4 nitrogen and oxygen atoms in total. The summed E-state index contributed by atoms with van der Waals surface area (Å²) in [6, 6.07) is 0. The third kappa shape index (κ3) is 2.77. The molecule has 1 heterocycles. The molecule has 5 saturated carbocycles. The molecule has 210 valence electrons. The Morgan fingerprint density at radius 3 is 2.08 bits per heavy atom. The maximum atomic E-state index is 11.9. The van der Waals surface area contributed by atoms with E-state index in [1.54, 1.807) is 6.92 Å². The molecule has 0 N–H and O–H groups in total. The van der Waals surface area contributed by atoms with Gasteiger partial charge in [-0.15, -0.1) is 0 Å². The van der Waals surface area contributed by atoms with E-state index in [1.165, 1.54) is 44.9 Å². The first-order chi connectivity index (χ1) is 17.1. The van der Waals surface area contributed by atoms with Gasteiger partial charge in [0.2, 0.25) is 0 Å². The molecular formula is C33H54O4. The molecule has 0 aromatic carbocycles. The van der Waals surface area contributed by atoms with Crippen LogP contribution in [-0.2, 0) is 19.0 Å². The first-order valence-corrected chi connectivity index (χ1v) is 15.5. The second-order valence-electron chi connectivity index (χ2n) is 16.3. The number of fused-ring (bicyclic) bond motifs is 5. The lowest BCUT2D eigenvalue weighted by Gasteiger charge is -2.72. The van der Waals surface area contributed by atoms with Gasteiger partial charge in [0.15, 0.2) is 0 Å². The summed E-state index contributed by atoms with van der Waals surface area (Å²) in [5.74, 6) is 2.26. The van der Waals surface area contributed by atoms with Crippen molar-refractivity contribution in [2.45, 2.75) is 144 Å². The average molecular weight is 515 g/mol. The van der Waals surface area contributed by atoms with E-state index in [-0.39, 0.29) is 45.6 Å². The largest absolute Gasteiger partial charge is 0.462 e. The summed E-state index contributed by atoms with van der Waals surface area (Å²) >= 11 is 0. The molecule has 0 radical (unpaired) electrons. The van der Waals surface area contributed by atoms with Crippen LogP contribution in [0.15, 0.2) is 0 Å². The zero-order valence-electron chi connectivity index (χ0n) is 25.5. The molecule has 4 heteroatoms. The van der Waals surface area contributed by atoms with E-state index in [0.717, 1.165) is 12.8 Å². The summed E-state index contributed by atoms with van der Waals surface area (Å²) in [5.41, 5.74) is 0.976. The molecule has 1 aliphatic heterocycles. The number of hydrogen-bond donors (Lipinski definition) is 0. The number of ether oxygens (including phenoxy) is 3. The fraction of sp³-hybridized carbons (Fsp3) is 0.970. The fourth-order valence-corrected chi connectivity index (χ4v) is 13.0. The van der Waals surface area contributed by atoms with Gasteiger partial charge in [-0.2, -0.15) is 0 Å². The zero-order chi connectivity index (χ0) is 27.0. The first kappa shape index (κ1) is 26.6. The summed E-state index contributed by atoms with van der Waals surface area (Å²) in [6.45, 7) is 21.7. The highest BCUT2D eigenvalue weighted by molar-refractivity contribution is 5.66. The van der Waals surface area contributed by atoms with E-state index in [1.807, 2.05) is 7.11 Å². The predicted octanol–water partition coefficient (Wildman–Crippen LogP) is 7.58. The van der Waals surface area contributed by atoms with Crippen LogP contribution in [-0.4, -0.2) is 36.5 Å². The van der Waals surface area contributed by atoms with E-state index in [0.29, 0.717) is 34.5 Å². The molecule has 5 aliphatic carbocycles. The third-order valence-corrected chi connectivity index (χ3v) is 14.8. The smallest absolute Gasteiger partial charge is 0.302 e. The Labute approximate surface area is 226 Å². The standard InChI is InChI=1S/C33H54O4/c1-20(2)32-26(35-10)19-28(6)17-18-31(9)24(33(28,32)37-32)12-11-23-29(7)15-14-25(36-21(3)34)27(4,5)22(29)13-16-30(23,31)8/h20,22-26H,11-19H2,1-10H3/t22-,23+,24-,25-,26-,28-,29-,30+,31+,32-,33-/m0/s1. The van der Waals surface area contributed by atoms with Crippen molar-refractivity contribution in [3.05, 3.63) is 0 Å². The van der Waals surface area contributed by atoms with Gasteiger partial charge in [0.25, 0.3) is 0 Å². The number of epoxide rings is 1.